The van der Waals surface area contributed by atoms with Gasteiger partial charge in [-0.1, -0.05) is 39.7 Å². The van der Waals surface area contributed by atoms with Crippen LogP contribution in [0.25, 0.3) is 0 Å². The summed E-state index contributed by atoms with van der Waals surface area (Å²) in [6.45, 7) is 0. The van der Waals surface area contributed by atoms with Crippen molar-refractivity contribution in [1.29, 1.82) is 0 Å². The average Bonchev–Trinajstić information content (AvgIpc) is 2.33. The topological polar surface area (TPSA) is 26.3 Å². The molecule has 2 aromatic carbocycles. The number of hydrogen-bond acceptors (Lipinski definition) is 2. The predicted octanol–water partition coefficient (Wildman–Crippen LogP) is 4.32. The van der Waals surface area contributed by atoms with Gasteiger partial charge in [0.15, 0.2) is 0 Å². The molecule has 0 N–H and O–H groups in total. The molecular weight excluding hydrogens is 303 g/mol. The maximum Gasteiger partial charge on any atom is 0.343 e. The van der Waals surface area contributed by atoms with Crippen LogP contribution in [0.15, 0.2) is 53.0 Å². The predicted molar refractivity (Wildman–Crippen MR) is 70.6 cm³/mol. The Morgan fingerprint density at radius 1 is 1.06 bits per heavy atom. The molecule has 0 atom stereocenters. The second-order valence-corrected chi connectivity index (χ2v) is 4.65. The van der Waals surface area contributed by atoms with Gasteiger partial charge in [0.25, 0.3) is 0 Å². The molecule has 0 aromatic heterocycles. The Bertz CT molecular complexity index is 537. The van der Waals surface area contributed by atoms with Crippen LogP contribution in [0.2, 0.25) is 5.02 Å². The molecule has 4 heteroatoms. The number of esters is 1. The van der Waals surface area contributed by atoms with Gasteiger partial charge >= 0.3 is 5.97 Å². The van der Waals surface area contributed by atoms with Crippen molar-refractivity contribution in [2.75, 3.05) is 0 Å². The lowest BCUT2D eigenvalue weighted by Gasteiger charge is -2.05. The quantitative estimate of drug-likeness (QED) is 0.610. The normalized spacial score (nSPS) is 10.0. The van der Waals surface area contributed by atoms with Crippen LogP contribution in [0.4, 0.5) is 0 Å². The van der Waals surface area contributed by atoms with Crippen molar-refractivity contribution in [2.24, 2.45) is 0 Å². The van der Waals surface area contributed by atoms with Crippen molar-refractivity contribution in [3.8, 4) is 5.75 Å². The summed E-state index contributed by atoms with van der Waals surface area (Å²) in [4.78, 5) is 11.8. The lowest BCUT2D eigenvalue weighted by molar-refractivity contribution is 0.0735. The van der Waals surface area contributed by atoms with Crippen LogP contribution in [-0.4, -0.2) is 5.97 Å². The molecule has 0 aliphatic heterocycles. The molecule has 2 nitrogen and oxygen atoms in total. The lowest BCUT2D eigenvalue weighted by atomic mass is 10.2. The monoisotopic (exact) mass is 310 g/mol. The number of carbonyl (C=O) groups excluding carboxylic acids is 1. The van der Waals surface area contributed by atoms with Gasteiger partial charge in [0, 0.05) is 4.47 Å². The van der Waals surface area contributed by atoms with E-state index in [1.807, 2.05) is 0 Å². The molecule has 0 aliphatic rings. The molecule has 0 aliphatic carbocycles. The smallest absolute Gasteiger partial charge is 0.343 e. The first-order valence-electron chi connectivity index (χ1n) is 4.89. The van der Waals surface area contributed by atoms with E-state index in [1.165, 1.54) is 0 Å². The van der Waals surface area contributed by atoms with Gasteiger partial charge in [-0.25, -0.2) is 4.79 Å². The van der Waals surface area contributed by atoms with Crippen LogP contribution in [0.1, 0.15) is 10.4 Å². The molecule has 0 heterocycles. The Labute approximate surface area is 112 Å². The standard InChI is InChI=1S/C13H8BrClO2/c14-10-7-5-9(6-8-10)13(16)17-12-4-2-1-3-11(12)15/h1-8H. The highest BCUT2D eigenvalue weighted by molar-refractivity contribution is 9.10. The van der Waals surface area contributed by atoms with E-state index < -0.39 is 5.97 Å². The van der Waals surface area contributed by atoms with E-state index in [-0.39, 0.29) is 0 Å². The SMILES string of the molecule is O=C(Oc1ccccc1Cl)c1ccc(Br)cc1. The molecule has 0 saturated carbocycles. The van der Waals surface area contributed by atoms with Crippen molar-refractivity contribution in [1.82, 2.24) is 0 Å². The van der Waals surface area contributed by atoms with E-state index in [4.69, 9.17) is 16.3 Å². The van der Waals surface area contributed by atoms with Gasteiger partial charge in [-0.15, -0.1) is 0 Å². The van der Waals surface area contributed by atoms with Gasteiger partial charge in [0.2, 0.25) is 0 Å². The van der Waals surface area contributed by atoms with Gasteiger partial charge in [0.1, 0.15) is 5.75 Å². The maximum atomic E-state index is 11.8. The second-order valence-electron chi connectivity index (χ2n) is 3.33. The van der Waals surface area contributed by atoms with Crippen molar-refractivity contribution in [3.05, 3.63) is 63.6 Å². The Kier molecular flexibility index (Phi) is 3.82. The fraction of sp³-hybridized carbons (Fsp3) is 0. The Balaban J connectivity index is 2.17. The number of halogens is 2. The third-order valence-corrected chi connectivity index (χ3v) is 2.96. The number of rotatable bonds is 2. The third kappa shape index (κ3) is 3.08. The van der Waals surface area contributed by atoms with E-state index in [0.29, 0.717) is 16.3 Å². The Morgan fingerprint density at radius 3 is 2.35 bits per heavy atom. The van der Waals surface area contributed by atoms with E-state index in [9.17, 15) is 4.79 Å². The molecule has 0 spiro atoms. The largest absolute Gasteiger partial charge is 0.421 e. The summed E-state index contributed by atoms with van der Waals surface area (Å²) in [7, 11) is 0. The fourth-order valence-corrected chi connectivity index (χ4v) is 1.71. The first-order valence-corrected chi connectivity index (χ1v) is 6.06. The van der Waals surface area contributed by atoms with Crippen molar-refractivity contribution >= 4 is 33.5 Å². The molecule has 0 unspecified atom stereocenters. The molecule has 0 saturated heterocycles. The van der Waals surface area contributed by atoms with Crippen molar-refractivity contribution < 1.29 is 9.53 Å². The molecule has 86 valence electrons. The van der Waals surface area contributed by atoms with Crippen molar-refractivity contribution in [3.63, 3.8) is 0 Å². The maximum absolute atomic E-state index is 11.8. The summed E-state index contributed by atoms with van der Waals surface area (Å²) >= 11 is 9.20. The van der Waals surface area contributed by atoms with Crippen molar-refractivity contribution in [2.45, 2.75) is 0 Å². The number of benzene rings is 2. The Hall–Kier alpha value is -1.32. The van der Waals surface area contributed by atoms with Crippen LogP contribution in [0.5, 0.6) is 5.75 Å². The molecule has 2 aromatic rings. The average molecular weight is 312 g/mol. The third-order valence-electron chi connectivity index (χ3n) is 2.12. The van der Waals surface area contributed by atoms with Crippen LogP contribution in [0.3, 0.4) is 0 Å². The highest BCUT2D eigenvalue weighted by atomic mass is 79.9. The van der Waals surface area contributed by atoms with E-state index in [0.717, 1.165) is 4.47 Å². The van der Waals surface area contributed by atoms with Gasteiger partial charge in [-0.05, 0) is 36.4 Å². The second kappa shape index (κ2) is 5.34. The zero-order chi connectivity index (χ0) is 12.3. The molecule has 0 fully saturated rings. The molecule has 0 bridgehead atoms. The van der Waals surface area contributed by atoms with E-state index in [2.05, 4.69) is 15.9 Å². The summed E-state index contributed by atoms with van der Waals surface area (Å²) in [5, 5.41) is 0.415. The summed E-state index contributed by atoms with van der Waals surface area (Å²) in [6.07, 6.45) is 0. The van der Waals surface area contributed by atoms with E-state index in [1.54, 1.807) is 48.5 Å². The minimum absolute atomic E-state index is 0.363. The number of hydrogen-bond donors (Lipinski definition) is 0. The zero-order valence-electron chi connectivity index (χ0n) is 8.69. The first-order chi connectivity index (χ1) is 8.16. The van der Waals surface area contributed by atoms with Gasteiger partial charge in [-0.3, -0.25) is 0 Å². The highest BCUT2D eigenvalue weighted by Crippen LogP contribution is 2.24. The fourth-order valence-electron chi connectivity index (χ4n) is 1.27. The molecule has 0 radical (unpaired) electrons. The highest BCUT2D eigenvalue weighted by Gasteiger charge is 2.10. The van der Waals surface area contributed by atoms with Gasteiger partial charge in [-0.2, -0.15) is 0 Å². The van der Waals surface area contributed by atoms with Gasteiger partial charge < -0.3 is 4.74 Å². The van der Waals surface area contributed by atoms with E-state index >= 15 is 0 Å². The first kappa shape index (κ1) is 12.1. The molecule has 17 heavy (non-hydrogen) atoms. The number of carbonyl (C=O) groups is 1. The molecule has 2 rings (SSSR count). The lowest BCUT2D eigenvalue weighted by Crippen LogP contribution is -2.08. The molecular formula is C13H8BrClO2. The number of ether oxygens (including phenoxy) is 1. The van der Waals surface area contributed by atoms with Crippen LogP contribution >= 0.6 is 27.5 Å². The minimum atomic E-state index is -0.425. The zero-order valence-corrected chi connectivity index (χ0v) is 11.0. The van der Waals surface area contributed by atoms with Crippen LogP contribution in [-0.2, 0) is 0 Å². The summed E-state index contributed by atoms with van der Waals surface area (Å²) < 4.78 is 6.09. The Morgan fingerprint density at radius 2 is 1.71 bits per heavy atom. The molecule has 0 amide bonds. The van der Waals surface area contributed by atoms with Crippen LogP contribution < -0.4 is 4.74 Å². The van der Waals surface area contributed by atoms with Crippen LogP contribution in [0, 0.1) is 0 Å². The summed E-state index contributed by atoms with van der Waals surface area (Å²) in [6, 6.07) is 13.8. The van der Waals surface area contributed by atoms with Gasteiger partial charge in [0.05, 0.1) is 10.6 Å². The summed E-state index contributed by atoms with van der Waals surface area (Å²) in [5.74, 6) is -0.0623. The minimum Gasteiger partial charge on any atom is -0.421 e. The summed E-state index contributed by atoms with van der Waals surface area (Å²) in [5.41, 5.74) is 0.480. The number of para-hydroxylation sites is 1.